The maximum atomic E-state index is 5.51. The zero-order valence-corrected chi connectivity index (χ0v) is 13.2. The molecular formula is C19H18N2O3. The standard InChI is InChI=1S/C19H18N2O3/c1-2-5-14(6-3-1)15-7-9-16(10-8-15)19-20-17(24-21-19)13-18-22-11-4-12-23-18/h1-3,5-10,18H,4,11-13H2. The van der Waals surface area contributed by atoms with Gasteiger partial charge in [-0.2, -0.15) is 4.98 Å². The van der Waals surface area contributed by atoms with Crippen LogP contribution in [-0.4, -0.2) is 29.6 Å². The Morgan fingerprint density at radius 3 is 2.25 bits per heavy atom. The average molecular weight is 322 g/mol. The van der Waals surface area contributed by atoms with Crippen molar-refractivity contribution in [2.45, 2.75) is 19.1 Å². The summed E-state index contributed by atoms with van der Waals surface area (Å²) < 4.78 is 16.3. The van der Waals surface area contributed by atoms with Crippen molar-refractivity contribution >= 4 is 0 Å². The molecule has 5 nitrogen and oxygen atoms in total. The fraction of sp³-hybridized carbons (Fsp3) is 0.263. The molecule has 5 heteroatoms. The quantitative estimate of drug-likeness (QED) is 0.733. The molecule has 4 rings (SSSR count). The zero-order valence-electron chi connectivity index (χ0n) is 13.2. The van der Waals surface area contributed by atoms with Gasteiger partial charge in [0.15, 0.2) is 6.29 Å². The lowest BCUT2D eigenvalue weighted by Crippen LogP contribution is -2.26. The molecule has 1 fully saturated rings. The molecule has 122 valence electrons. The van der Waals surface area contributed by atoms with Gasteiger partial charge in [0.2, 0.25) is 11.7 Å². The Balaban J connectivity index is 1.48. The predicted molar refractivity (Wildman–Crippen MR) is 89.2 cm³/mol. The first kappa shape index (κ1) is 15.1. The van der Waals surface area contributed by atoms with Crippen molar-refractivity contribution in [2.75, 3.05) is 13.2 Å². The van der Waals surface area contributed by atoms with E-state index in [9.17, 15) is 0 Å². The second-order valence-corrected chi connectivity index (χ2v) is 5.68. The minimum Gasteiger partial charge on any atom is -0.352 e. The van der Waals surface area contributed by atoms with Gasteiger partial charge in [0, 0.05) is 5.56 Å². The molecule has 0 amide bonds. The van der Waals surface area contributed by atoms with E-state index in [0.717, 1.165) is 17.5 Å². The fourth-order valence-electron chi connectivity index (χ4n) is 2.69. The lowest BCUT2D eigenvalue weighted by Gasteiger charge is -2.21. The van der Waals surface area contributed by atoms with Crippen LogP contribution in [0.2, 0.25) is 0 Å². The first-order valence-corrected chi connectivity index (χ1v) is 8.10. The topological polar surface area (TPSA) is 57.4 Å². The first-order valence-electron chi connectivity index (χ1n) is 8.10. The molecule has 0 spiro atoms. The van der Waals surface area contributed by atoms with Crippen molar-refractivity contribution in [2.24, 2.45) is 0 Å². The van der Waals surface area contributed by atoms with E-state index in [4.69, 9.17) is 14.0 Å². The van der Waals surface area contributed by atoms with Gasteiger partial charge < -0.3 is 14.0 Å². The summed E-state index contributed by atoms with van der Waals surface area (Å²) in [6, 6.07) is 18.4. The van der Waals surface area contributed by atoms with Crippen LogP contribution in [0.1, 0.15) is 12.3 Å². The van der Waals surface area contributed by atoms with E-state index in [-0.39, 0.29) is 6.29 Å². The maximum absolute atomic E-state index is 5.51. The van der Waals surface area contributed by atoms with Gasteiger partial charge in [-0.1, -0.05) is 59.8 Å². The molecule has 1 aliphatic heterocycles. The molecule has 0 radical (unpaired) electrons. The monoisotopic (exact) mass is 322 g/mol. The predicted octanol–water partition coefficient (Wildman–Crippen LogP) is 3.71. The summed E-state index contributed by atoms with van der Waals surface area (Å²) in [5.41, 5.74) is 3.27. The molecule has 1 aromatic heterocycles. The van der Waals surface area contributed by atoms with E-state index in [1.54, 1.807) is 0 Å². The van der Waals surface area contributed by atoms with E-state index in [1.807, 2.05) is 30.3 Å². The Morgan fingerprint density at radius 1 is 0.833 bits per heavy atom. The molecule has 24 heavy (non-hydrogen) atoms. The smallest absolute Gasteiger partial charge is 0.232 e. The number of nitrogens with zero attached hydrogens (tertiary/aromatic N) is 2. The maximum Gasteiger partial charge on any atom is 0.232 e. The molecule has 0 saturated carbocycles. The second kappa shape index (κ2) is 6.95. The highest BCUT2D eigenvalue weighted by molar-refractivity contribution is 5.67. The summed E-state index contributed by atoms with van der Waals surface area (Å²) in [6.45, 7) is 1.43. The molecule has 0 N–H and O–H groups in total. The minimum atomic E-state index is -0.285. The molecule has 0 atom stereocenters. The summed E-state index contributed by atoms with van der Waals surface area (Å²) in [6.07, 6.45) is 1.13. The van der Waals surface area contributed by atoms with Gasteiger partial charge >= 0.3 is 0 Å². The van der Waals surface area contributed by atoms with Crippen molar-refractivity contribution in [3.05, 3.63) is 60.5 Å². The molecule has 3 aromatic rings. The molecule has 0 unspecified atom stereocenters. The van der Waals surface area contributed by atoms with Crippen LogP contribution in [0.5, 0.6) is 0 Å². The number of hydrogen-bond acceptors (Lipinski definition) is 5. The van der Waals surface area contributed by atoms with Crippen LogP contribution in [0.15, 0.2) is 59.1 Å². The molecule has 2 aromatic carbocycles. The Hall–Kier alpha value is -2.50. The highest BCUT2D eigenvalue weighted by Gasteiger charge is 2.19. The highest BCUT2D eigenvalue weighted by atomic mass is 16.7. The minimum absolute atomic E-state index is 0.285. The number of rotatable bonds is 4. The zero-order chi connectivity index (χ0) is 16.2. The number of aromatic nitrogens is 2. The van der Waals surface area contributed by atoms with E-state index in [1.165, 1.54) is 5.56 Å². The number of ether oxygens (including phenoxy) is 2. The van der Waals surface area contributed by atoms with E-state index in [2.05, 4.69) is 34.4 Å². The van der Waals surface area contributed by atoms with Crippen molar-refractivity contribution in [3.63, 3.8) is 0 Å². The molecule has 0 aliphatic carbocycles. The summed E-state index contributed by atoms with van der Waals surface area (Å²) >= 11 is 0. The number of benzene rings is 2. The Bertz CT molecular complexity index is 778. The third kappa shape index (κ3) is 3.37. The van der Waals surface area contributed by atoms with Gasteiger partial charge in [-0.3, -0.25) is 0 Å². The van der Waals surface area contributed by atoms with Crippen LogP contribution in [-0.2, 0) is 15.9 Å². The van der Waals surface area contributed by atoms with E-state index < -0.39 is 0 Å². The van der Waals surface area contributed by atoms with Gasteiger partial charge in [-0.25, -0.2) is 0 Å². The third-order valence-corrected chi connectivity index (χ3v) is 3.96. The van der Waals surface area contributed by atoms with Crippen LogP contribution in [0.4, 0.5) is 0 Å². The molecule has 1 saturated heterocycles. The summed E-state index contributed by atoms with van der Waals surface area (Å²) in [7, 11) is 0. The highest BCUT2D eigenvalue weighted by Crippen LogP contribution is 2.23. The largest absolute Gasteiger partial charge is 0.352 e. The second-order valence-electron chi connectivity index (χ2n) is 5.68. The first-order chi connectivity index (χ1) is 11.9. The average Bonchev–Trinajstić information content (AvgIpc) is 3.12. The van der Waals surface area contributed by atoms with Crippen LogP contribution < -0.4 is 0 Å². The van der Waals surface area contributed by atoms with Gasteiger partial charge in [0.25, 0.3) is 0 Å². The Kier molecular flexibility index (Phi) is 4.36. The van der Waals surface area contributed by atoms with Gasteiger partial charge in [-0.05, 0) is 17.5 Å². The van der Waals surface area contributed by atoms with Crippen molar-refractivity contribution in [3.8, 4) is 22.5 Å². The van der Waals surface area contributed by atoms with Crippen molar-refractivity contribution in [1.82, 2.24) is 10.1 Å². The lowest BCUT2D eigenvalue weighted by atomic mass is 10.0. The number of hydrogen-bond donors (Lipinski definition) is 0. The molecule has 0 bridgehead atoms. The van der Waals surface area contributed by atoms with E-state index in [0.29, 0.717) is 31.3 Å². The van der Waals surface area contributed by atoms with Gasteiger partial charge in [-0.15, -0.1) is 0 Å². The van der Waals surface area contributed by atoms with E-state index >= 15 is 0 Å². The molecular weight excluding hydrogens is 304 g/mol. The van der Waals surface area contributed by atoms with Gasteiger partial charge in [0.05, 0.1) is 19.6 Å². The summed E-state index contributed by atoms with van der Waals surface area (Å²) in [4.78, 5) is 4.44. The van der Waals surface area contributed by atoms with Crippen LogP contribution in [0, 0.1) is 0 Å². The SMILES string of the molecule is c1ccc(-c2ccc(-c3noc(CC4OCCCO4)n3)cc2)cc1. The fourth-order valence-corrected chi connectivity index (χ4v) is 2.69. The third-order valence-electron chi connectivity index (χ3n) is 3.96. The van der Waals surface area contributed by atoms with Crippen molar-refractivity contribution < 1.29 is 14.0 Å². The molecule has 2 heterocycles. The Morgan fingerprint density at radius 2 is 1.50 bits per heavy atom. The van der Waals surface area contributed by atoms with Crippen LogP contribution in [0.3, 0.4) is 0 Å². The summed E-state index contributed by atoms with van der Waals surface area (Å²) in [5.74, 6) is 1.12. The normalized spacial score (nSPS) is 15.5. The van der Waals surface area contributed by atoms with Crippen molar-refractivity contribution in [1.29, 1.82) is 0 Å². The lowest BCUT2D eigenvalue weighted by molar-refractivity contribution is -0.179. The molecule has 1 aliphatic rings. The van der Waals surface area contributed by atoms with Gasteiger partial charge in [0.1, 0.15) is 0 Å². The van der Waals surface area contributed by atoms with Crippen LogP contribution in [0.25, 0.3) is 22.5 Å². The van der Waals surface area contributed by atoms with Crippen LogP contribution >= 0.6 is 0 Å². The Labute approximate surface area is 140 Å². The summed E-state index contributed by atoms with van der Waals surface area (Å²) in [5, 5.41) is 4.06.